The quantitative estimate of drug-likeness (QED) is 0.684. The number of Topliss-reactive ketones (excluding diaryl/α,β-unsaturated/α-hetero) is 1. The highest BCUT2D eigenvalue weighted by Crippen LogP contribution is 2.38. The predicted octanol–water partition coefficient (Wildman–Crippen LogP) is 3.14. The average Bonchev–Trinajstić information content (AvgIpc) is 2.89. The van der Waals surface area contributed by atoms with E-state index in [-0.39, 0.29) is 5.78 Å². The van der Waals surface area contributed by atoms with Crippen LogP contribution < -0.4 is 0 Å². The maximum Gasteiger partial charge on any atom is 0.159 e. The summed E-state index contributed by atoms with van der Waals surface area (Å²) in [5.74, 6) is 0.142. The number of carbonyl (C=O) groups is 1. The highest BCUT2D eigenvalue weighted by Gasteiger charge is 2.22. The molecule has 0 spiro atoms. The topological polar surface area (TPSA) is 17.1 Å². The Balaban J connectivity index is 2.08. The first kappa shape index (κ1) is 8.82. The number of ketones is 1. The van der Waals surface area contributed by atoms with Gasteiger partial charge in [0.1, 0.15) is 0 Å². The van der Waals surface area contributed by atoms with Crippen molar-refractivity contribution in [3.8, 4) is 0 Å². The normalized spacial score (nSPS) is 15.8. The van der Waals surface area contributed by atoms with E-state index in [1.165, 1.54) is 17.7 Å². The third-order valence-corrected chi connectivity index (χ3v) is 3.44. The molecule has 1 nitrogen and oxygen atoms in total. The molecule has 13 heavy (non-hydrogen) atoms. The molecule has 1 fully saturated rings. The zero-order valence-electron chi connectivity index (χ0n) is 7.62. The SMILES string of the molecule is CC(=O)c1ccc(SC2CC2)cc1. The van der Waals surface area contributed by atoms with Crippen LogP contribution in [0.25, 0.3) is 0 Å². The fourth-order valence-electron chi connectivity index (χ4n) is 1.15. The summed E-state index contributed by atoms with van der Waals surface area (Å²) in [7, 11) is 0. The molecule has 0 amide bonds. The Morgan fingerprint density at radius 2 is 1.92 bits per heavy atom. The predicted molar refractivity (Wildman–Crippen MR) is 55.3 cm³/mol. The largest absolute Gasteiger partial charge is 0.295 e. The van der Waals surface area contributed by atoms with Crippen LogP contribution >= 0.6 is 11.8 Å². The first-order chi connectivity index (χ1) is 6.25. The number of thioether (sulfide) groups is 1. The van der Waals surface area contributed by atoms with Crippen LogP contribution in [0.1, 0.15) is 30.1 Å². The summed E-state index contributed by atoms with van der Waals surface area (Å²) in [5, 5.41) is 0.836. The van der Waals surface area contributed by atoms with Gasteiger partial charge in [-0.05, 0) is 31.9 Å². The van der Waals surface area contributed by atoms with Gasteiger partial charge >= 0.3 is 0 Å². The monoisotopic (exact) mass is 192 g/mol. The second kappa shape index (κ2) is 3.54. The van der Waals surface area contributed by atoms with E-state index >= 15 is 0 Å². The maximum atomic E-state index is 11.0. The molecule has 0 aromatic heterocycles. The highest BCUT2D eigenvalue weighted by molar-refractivity contribution is 8.00. The molecule has 0 unspecified atom stereocenters. The Hall–Kier alpha value is -0.760. The molecule has 2 rings (SSSR count). The Morgan fingerprint density at radius 3 is 2.38 bits per heavy atom. The van der Waals surface area contributed by atoms with Gasteiger partial charge in [0.25, 0.3) is 0 Å². The summed E-state index contributed by atoms with van der Waals surface area (Å²) < 4.78 is 0. The van der Waals surface area contributed by atoms with Gasteiger partial charge in [-0.3, -0.25) is 4.79 Å². The lowest BCUT2D eigenvalue weighted by atomic mass is 10.2. The minimum atomic E-state index is 0.142. The summed E-state index contributed by atoms with van der Waals surface area (Å²) >= 11 is 1.92. The van der Waals surface area contributed by atoms with E-state index in [0.717, 1.165) is 10.8 Å². The van der Waals surface area contributed by atoms with Gasteiger partial charge < -0.3 is 0 Å². The van der Waals surface area contributed by atoms with E-state index in [2.05, 4.69) is 0 Å². The Kier molecular flexibility index (Phi) is 2.40. The molecule has 0 saturated heterocycles. The third kappa shape index (κ3) is 2.34. The van der Waals surface area contributed by atoms with E-state index in [0.29, 0.717) is 0 Å². The summed E-state index contributed by atoms with van der Waals surface area (Å²) in [6, 6.07) is 7.90. The van der Waals surface area contributed by atoms with Crippen LogP contribution in [0, 0.1) is 0 Å². The van der Waals surface area contributed by atoms with Gasteiger partial charge in [0, 0.05) is 15.7 Å². The molecular weight excluding hydrogens is 180 g/mol. The van der Waals surface area contributed by atoms with Crippen LogP contribution in [0.4, 0.5) is 0 Å². The van der Waals surface area contributed by atoms with Gasteiger partial charge in [0.05, 0.1) is 0 Å². The lowest BCUT2D eigenvalue weighted by molar-refractivity contribution is 0.101. The van der Waals surface area contributed by atoms with Gasteiger partial charge in [0.15, 0.2) is 5.78 Å². The molecule has 68 valence electrons. The molecule has 1 aromatic rings. The smallest absolute Gasteiger partial charge is 0.159 e. The van der Waals surface area contributed by atoms with Gasteiger partial charge in [-0.2, -0.15) is 0 Å². The van der Waals surface area contributed by atoms with E-state index in [1.807, 2.05) is 36.0 Å². The second-order valence-corrected chi connectivity index (χ2v) is 4.77. The maximum absolute atomic E-state index is 11.0. The van der Waals surface area contributed by atoms with Gasteiger partial charge in [-0.15, -0.1) is 11.8 Å². The van der Waals surface area contributed by atoms with Crippen LogP contribution in [0.2, 0.25) is 0 Å². The van der Waals surface area contributed by atoms with Crippen molar-refractivity contribution in [3.05, 3.63) is 29.8 Å². The first-order valence-corrected chi connectivity index (χ1v) is 5.41. The van der Waals surface area contributed by atoms with Crippen LogP contribution in [0.15, 0.2) is 29.2 Å². The second-order valence-electron chi connectivity index (χ2n) is 3.40. The average molecular weight is 192 g/mol. The fraction of sp³-hybridized carbons (Fsp3) is 0.364. The highest BCUT2D eigenvalue weighted by atomic mass is 32.2. The molecule has 2 heteroatoms. The van der Waals surface area contributed by atoms with Crippen LogP contribution in [-0.4, -0.2) is 11.0 Å². The first-order valence-electron chi connectivity index (χ1n) is 4.53. The number of rotatable bonds is 3. The molecule has 0 N–H and O–H groups in total. The van der Waals surface area contributed by atoms with Crippen molar-refractivity contribution in [2.45, 2.75) is 29.9 Å². The van der Waals surface area contributed by atoms with Crippen molar-refractivity contribution in [1.82, 2.24) is 0 Å². The Bertz CT molecular complexity index is 311. The molecule has 0 heterocycles. The van der Waals surface area contributed by atoms with Gasteiger partial charge in [-0.1, -0.05) is 12.1 Å². The molecule has 0 aliphatic heterocycles. The summed E-state index contributed by atoms with van der Waals surface area (Å²) in [6.07, 6.45) is 2.69. The van der Waals surface area contributed by atoms with E-state index in [4.69, 9.17) is 0 Å². The molecule has 1 aliphatic carbocycles. The van der Waals surface area contributed by atoms with Gasteiger partial charge in [0.2, 0.25) is 0 Å². The van der Waals surface area contributed by atoms with E-state index < -0.39 is 0 Å². The fourth-order valence-corrected chi connectivity index (χ4v) is 2.20. The standard InChI is InChI=1S/C11H12OS/c1-8(12)9-2-4-10(5-3-9)13-11-6-7-11/h2-5,11H,6-7H2,1H3. The number of benzene rings is 1. The van der Waals surface area contributed by atoms with Crippen LogP contribution in [0.3, 0.4) is 0 Å². The Morgan fingerprint density at radius 1 is 1.31 bits per heavy atom. The summed E-state index contributed by atoms with van der Waals surface area (Å²) in [5.41, 5.74) is 0.806. The van der Waals surface area contributed by atoms with E-state index in [9.17, 15) is 4.79 Å². The Labute approximate surface area is 82.5 Å². The van der Waals surface area contributed by atoms with Crippen LogP contribution in [0.5, 0.6) is 0 Å². The van der Waals surface area contributed by atoms with Crippen molar-refractivity contribution in [2.24, 2.45) is 0 Å². The zero-order valence-corrected chi connectivity index (χ0v) is 8.43. The van der Waals surface area contributed by atoms with Gasteiger partial charge in [-0.25, -0.2) is 0 Å². The van der Waals surface area contributed by atoms with Crippen molar-refractivity contribution in [2.75, 3.05) is 0 Å². The van der Waals surface area contributed by atoms with Crippen molar-refractivity contribution >= 4 is 17.5 Å². The lowest BCUT2D eigenvalue weighted by Gasteiger charge is -1.99. The zero-order chi connectivity index (χ0) is 9.26. The molecule has 0 atom stereocenters. The summed E-state index contributed by atoms with van der Waals surface area (Å²) in [6.45, 7) is 1.60. The van der Waals surface area contributed by atoms with E-state index in [1.54, 1.807) is 6.92 Å². The van der Waals surface area contributed by atoms with Crippen molar-refractivity contribution in [3.63, 3.8) is 0 Å². The van der Waals surface area contributed by atoms with Crippen molar-refractivity contribution in [1.29, 1.82) is 0 Å². The molecular formula is C11H12OS. The lowest BCUT2D eigenvalue weighted by Crippen LogP contribution is -1.90. The molecule has 1 saturated carbocycles. The number of hydrogen-bond donors (Lipinski definition) is 0. The van der Waals surface area contributed by atoms with Crippen LogP contribution in [-0.2, 0) is 0 Å². The molecule has 1 aromatic carbocycles. The summed E-state index contributed by atoms with van der Waals surface area (Å²) in [4.78, 5) is 12.3. The number of hydrogen-bond acceptors (Lipinski definition) is 2. The van der Waals surface area contributed by atoms with Crippen molar-refractivity contribution < 1.29 is 4.79 Å². The minimum absolute atomic E-state index is 0.142. The third-order valence-electron chi connectivity index (χ3n) is 2.09. The molecule has 1 aliphatic rings. The number of carbonyl (C=O) groups excluding carboxylic acids is 1. The molecule has 0 bridgehead atoms. The minimum Gasteiger partial charge on any atom is -0.295 e. The molecule has 0 radical (unpaired) electrons.